The standard InChI is InChI=1S/C36H29N3O/c37-22-25-8-7-12-30(38-25)24-18-16-23(17-19-24)26-9-1-4-13-31(26)39-32-14-5-2-11-29(32)35-33(39)21-20-28-27-10-3-6-15-34(27)40-36(28)35/h1,3-10,12-18,20-21,24,26,28,31,36H,2,11,19H2. The van der Waals surface area contributed by atoms with Crippen LogP contribution in [-0.4, -0.2) is 9.55 Å². The molecule has 194 valence electrons. The summed E-state index contributed by atoms with van der Waals surface area (Å²) in [5.74, 6) is 1.70. The number of pyridine rings is 1. The van der Waals surface area contributed by atoms with E-state index in [1.165, 1.54) is 33.7 Å². The van der Waals surface area contributed by atoms with Crippen molar-refractivity contribution in [3.63, 3.8) is 0 Å². The molecule has 0 saturated heterocycles. The van der Waals surface area contributed by atoms with Crippen molar-refractivity contribution in [1.29, 1.82) is 5.26 Å². The van der Waals surface area contributed by atoms with Crippen molar-refractivity contribution in [1.82, 2.24) is 9.55 Å². The zero-order valence-electron chi connectivity index (χ0n) is 22.2. The smallest absolute Gasteiger partial charge is 0.140 e. The van der Waals surface area contributed by atoms with Gasteiger partial charge in [-0.3, -0.25) is 0 Å². The third-order valence-corrected chi connectivity index (χ3v) is 9.05. The summed E-state index contributed by atoms with van der Waals surface area (Å²) >= 11 is 0. The number of rotatable bonds is 3. The normalized spacial score (nSPS) is 26.8. The molecule has 5 unspecified atom stereocenters. The predicted molar refractivity (Wildman–Crippen MR) is 158 cm³/mol. The molecule has 0 bridgehead atoms. The van der Waals surface area contributed by atoms with E-state index in [0.29, 0.717) is 5.69 Å². The van der Waals surface area contributed by atoms with Crippen LogP contribution in [0, 0.1) is 17.2 Å². The van der Waals surface area contributed by atoms with Crippen LogP contribution < -0.4 is 4.74 Å². The summed E-state index contributed by atoms with van der Waals surface area (Å²) in [5, 5.41) is 9.28. The minimum absolute atomic E-state index is 0.0340. The first-order valence-corrected chi connectivity index (χ1v) is 14.3. The van der Waals surface area contributed by atoms with Crippen molar-refractivity contribution in [3.8, 4) is 11.8 Å². The lowest BCUT2D eigenvalue weighted by molar-refractivity contribution is 0.221. The molecule has 4 heteroatoms. The zero-order chi connectivity index (χ0) is 26.6. The number of allylic oxidation sites excluding steroid dienone is 9. The van der Waals surface area contributed by atoms with E-state index < -0.39 is 0 Å². The molecule has 2 aromatic heterocycles. The van der Waals surface area contributed by atoms with Crippen molar-refractivity contribution < 1.29 is 4.74 Å². The molecule has 3 heterocycles. The lowest BCUT2D eigenvalue weighted by Crippen LogP contribution is -2.23. The average Bonchev–Trinajstić information content (AvgIpc) is 3.57. The molecule has 0 amide bonds. The third kappa shape index (κ3) is 3.54. The highest BCUT2D eigenvalue weighted by molar-refractivity contribution is 5.70. The maximum absolute atomic E-state index is 9.28. The van der Waals surface area contributed by atoms with Crippen LogP contribution in [0.15, 0.2) is 103 Å². The van der Waals surface area contributed by atoms with E-state index >= 15 is 0 Å². The van der Waals surface area contributed by atoms with Gasteiger partial charge < -0.3 is 9.30 Å². The molecule has 5 atom stereocenters. The first-order valence-electron chi connectivity index (χ1n) is 14.3. The quantitative estimate of drug-likeness (QED) is 0.353. The van der Waals surface area contributed by atoms with Gasteiger partial charge in [0.2, 0.25) is 0 Å². The molecule has 3 aromatic rings. The van der Waals surface area contributed by atoms with Gasteiger partial charge >= 0.3 is 0 Å². The summed E-state index contributed by atoms with van der Waals surface area (Å²) in [6.45, 7) is 0. The molecule has 5 aliphatic rings. The highest BCUT2D eigenvalue weighted by Crippen LogP contribution is 2.53. The molecule has 8 rings (SSSR count). The van der Waals surface area contributed by atoms with Crippen molar-refractivity contribution >= 4 is 12.2 Å². The Morgan fingerprint density at radius 3 is 2.73 bits per heavy atom. The van der Waals surface area contributed by atoms with E-state index in [-0.39, 0.29) is 29.9 Å². The minimum atomic E-state index is 0.0340. The summed E-state index contributed by atoms with van der Waals surface area (Å²) in [5.41, 5.74) is 9.49. The fourth-order valence-electron chi connectivity index (χ4n) is 7.22. The zero-order valence-corrected chi connectivity index (χ0v) is 22.2. The summed E-state index contributed by atoms with van der Waals surface area (Å²) < 4.78 is 9.22. The monoisotopic (exact) mass is 519 g/mol. The van der Waals surface area contributed by atoms with Crippen LogP contribution in [-0.2, 0) is 6.42 Å². The first kappa shape index (κ1) is 23.3. The molecule has 4 nitrogen and oxygen atoms in total. The average molecular weight is 520 g/mol. The highest BCUT2D eigenvalue weighted by atomic mass is 16.5. The van der Waals surface area contributed by atoms with Crippen LogP contribution in [0.3, 0.4) is 0 Å². The fraction of sp³-hybridized carbons (Fsp3) is 0.222. The van der Waals surface area contributed by atoms with E-state index in [4.69, 9.17) is 4.74 Å². The molecule has 0 spiro atoms. The van der Waals surface area contributed by atoms with Crippen LogP contribution in [0.5, 0.6) is 5.75 Å². The number of para-hydroxylation sites is 1. The lowest BCUT2D eigenvalue weighted by atomic mass is 9.82. The number of nitriles is 1. The van der Waals surface area contributed by atoms with Crippen molar-refractivity contribution in [2.45, 2.75) is 43.2 Å². The number of ether oxygens (including phenoxy) is 1. The highest BCUT2D eigenvalue weighted by Gasteiger charge is 2.42. The SMILES string of the molecule is N#Cc1cccc(C2C=CC(C3C=CC=CC3n3c4c(c5c3C=CC3c6ccccc6OC53)CCC=C4)=CC2)n1. The largest absolute Gasteiger partial charge is 0.484 e. The van der Waals surface area contributed by atoms with E-state index in [1.807, 2.05) is 12.1 Å². The number of hydrogen-bond donors (Lipinski definition) is 0. The Hall–Kier alpha value is -4.62. The second-order valence-electron chi connectivity index (χ2n) is 11.2. The Balaban J connectivity index is 1.17. The summed E-state index contributed by atoms with van der Waals surface area (Å²) in [6, 6.07) is 16.6. The Kier molecular flexibility index (Phi) is 5.38. The van der Waals surface area contributed by atoms with Crippen LogP contribution in [0.2, 0.25) is 0 Å². The predicted octanol–water partition coefficient (Wildman–Crippen LogP) is 7.91. The molecule has 1 aromatic carbocycles. The van der Waals surface area contributed by atoms with Gasteiger partial charge in [-0.15, -0.1) is 0 Å². The van der Waals surface area contributed by atoms with Gasteiger partial charge in [0, 0.05) is 46.0 Å². The van der Waals surface area contributed by atoms with E-state index in [1.54, 1.807) is 6.07 Å². The summed E-state index contributed by atoms with van der Waals surface area (Å²) in [4.78, 5) is 4.55. The molecule has 40 heavy (non-hydrogen) atoms. The lowest BCUT2D eigenvalue weighted by Gasteiger charge is -2.32. The summed E-state index contributed by atoms with van der Waals surface area (Å²) in [6.07, 6.45) is 28.4. The molecule has 0 N–H and O–H groups in total. The van der Waals surface area contributed by atoms with E-state index in [9.17, 15) is 5.26 Å². The molecule has 0 saturated carbocycles. The van der Waals surface area contributed by atoms with Gasteiger partial charge in [-0.1, -0.05) is 78.9 Å². The van der Waals surface area contributed by atoms with Gasteiger partial charge in [-0.25, -0.2) is 4.98 Å². The van der Waals surface area contributed by atoms with Gasteiger partial charge in [-0.05, 0) is 60.8 Å². The van der Waals surface area contributed by atoms with Crippen molar-refractivity contribution in [2.75, 3.05) is 0 Å². The molecule has 0 radical (unpaired) electrons. The Morgan fingerprint density at radius 2 is 1.82 bits per heavy atom. The van der Waals surface area contributed by atoms with Crippen LogP contribution in [0.4, 0.5) is 0 Å². The molecule has 0 fully saturated rings. The third-order valence-electron chi connectivity index (χ3n) is 9.05. The molecule has 4 aliphatic carbocycles. The topological polar surface area (TPSA) is 50.8 Å². The Labute approximate surface area is 234 Å². The van der Waals surface area contributed by atoms with Crippen LogP contribution in [0.25, 0.3) is 12.2 Å². The van der Waals surface area contributed by atoms with Crippen molar-refractivity contribution in [2.24, 2.45) is 5.92 Å². The van der Waals surface area contributed by atoms with E-state index in [0.717, 1.165) is 30.7 Å². The van der Waals surface area contributed by atoms with E-state index in [2.05, 4.69) is 107 Å². The van der Waals surface area contributed by atoms with Gasteiger partial charge in [0.15, 0.2) is 0 Å². The molecule has 1 aliphatic heterocycles. The van der Waals surface area contributed by atoms with Crippen LogP contribution >= 0.6 is 0 Å². The second kappa shape index (κ2) is 9.24. The van der Waals surface area contributed by atoms with Gasteiger partial charge in [0.25, 0.3) is 0 Å². The summed E-state index contributed by atoms with van der Waals surface area (Å²) in [7, 11) is 0. The number of hydrogen-bond acceptors (Lipinski definition) is 3. The fourth-order valence-corrected chi connectivity index (χ4v) is 7.22. The maximum atomic E-state index is 9.28. The number of aromatic nitrogens is 2. The van der Waals surface area contributed by atoms with Gasteiger partial charge in [-0.2, -0.15) is 5.26 Å². The minimum Gasteiger partial charge on any atom is -0.484 e. The Bertz CT molecular complexity index is 1750. The molecular weight excluding hydrogens is 490 g/mol. The molecular formula is C36H29N3O. The number of nitrogens with zero attached hydrogens (tertiary/aromatic N) is 3. The van der Waals surface area contributed by atoms with Gasteiger partial charge in [0.05, 0.1) is 6.04 Å². The van der Waals surface area contributed by atoms with Gasteiger partial charge in [0.1, 0.15) is 23.6 Å². The maximum Gasteiger partial charge on any atom is 0.140 e. The Morgan fingerprint density at radius 1 is 0.900 bits per heavy atom. The number of benzene rings is 1. The van der Waals surface area contributed by atoms with Crippen LogP contribution in [0.1, 0.15) is 76.3 Å². The van der Waals surface area contributed by atoms with Crippen molar-refractivity contribution in [3.05, 3.63) is 142 Å². The second-order valence-corrected chi connectivity index (χ2v) is 11.2. The number of fused-ring (bicyclic) bond motifs is 7. The first-order chi connectivity index (χ1) is 19.8.